The molecule has 16 N–H and O–H groups in total. The number of aryl methyl sites for hydroxylation is 1. The average Bonchev–Trinajstić information content (AvgIpc) is 0.911. The standard InChI is InChI=1S/C22H25N3O5S.C13H16N2O6.C9H10O3.C8H14N2O6.C5H10N2O3.C3H7NO2.CH2O/c1-16(10-17-2-6-19(7-3-17)24-14-31)25(12-22(28)29)15-30-13-23-21(27)11-18-4-8-20(26)9-5-18;1-9(14(7-12(16)17)8-13(18)19)6-10-2-4-11(5-3-10)15(20)21;10-8-4-1-7(2-5-8)3-6-9(11)12;11-6(12)3-9-1-2-10(4-7(13)14)5-8(15)16;1-7(2-4(6)8)3-5(9)10;1-4-2-3(5)6;1-2/h2-9,13,16,21,26-27H,10-12,15H2,1H3,(H,28,29);2-5,9H,6-8H2,1H3,(H,16,17)(H,18,19);1-2,4-5,10H,3,6H2,(H,11,12);9H,1-5H2,(H,11,12)(H,13,14)(H,15,16);2-3H2,1H3,(H2,6,8)(H,9,10);4H,2H2,1H3,(H,5,6);1H2. The van der Waals surface area contributed by atoms with E-state index in [4.69, 9.17) is 61.2 Å². The third kappa shape index (κ3) is 53.6. The van der Waals surface area contributed by atoms with E-state index in [1.807, 2.05) is 38.0 Å². The number of carbonyl (C=O) groups is 11. The van der Waals surface area contributed by atoms with E-state index in [-0.39, 0.29) is 121 Å². The molecule has 36 nitrogen and oxygen atoms in total. The van der Waals surface area contributed by atoms with Crippen molar-refractivity contribution < 1.29 is 124 Å². The number of nitro benzene ring substituents is 1. The Bertz CT molecular complexity index is 3090. The number of aliphatic carboxylic acids is 9. The van der Waals surface area contributed by atoms with Gasteiger partial charge in [0.15, 0.2) is 12.6 Å². The van der Waals surface area contributed by atoms with Crippen LogP contribution in [0, 0.1) is 10.1 Å². The fourth-order valence-corrected chi connectivity index (χ4v) is 7.56. The number of phenols is 2. The van der Waals surface area contributed by atoms with Crippen molar-refractivity contribution in [1.82, 2.24) is 30.2 Å². The fourth-order valence-electron chi connectivity index (χ4n) is 7.46. The van der Waals surface area contributed by atoms with E-state index in [0.29, 0.717) is 24.9 Å². The highest BCUT2D eigenvalue weighted by Crippen LogP contribution is 2.18. The Labute approximate surface area is 567 Å². The highest BCUT2D eigenvalue weighted by Gasteiger charge is 2.21. The molecule has 540 valence electrons. The maximum absolute atomic E-state index is 11.2. The van der Waals surface area contributed by atoms with Crippen LogP contribution in [0.4, 0.5) is 11.4 Å². The van der Waals surface area contributed by atoms with Crippen LogP contribution in [-0.4, -0.2) is 275 Å². The number of aliphatic hydroxyl groups excluding tert-OH is 1. The summed E-state index contributed by atoms with van der Waals surface area (Å²) in [6, 6.07) is 25.9. The second kappa shape index (κ2) is 54.5. The molecule has 4 aromatic rings. The number of isothiocyanates is 1. The number of carbonyl (C=O) groups excluding carboxylic acids is 2. The van der Waals surface area contributed by atoms with Crippen LogP contribution in [0.25, 0.3) is 0 Å². The Kier molecular flexibility index (Phi) is 50.8. The van der Waals surface area contributed by atoms with Crippen molar-refractivity contribution in [2.24, 2.45) is 15.7 Å². The molecule has 0 aliphatic carbocycles. The van der Waals surface area contributed by atoms with Gasteiger partial charge in [0, 0.05) is 50.1 Å². The Morgan fingerprint density at radius 3 is 1.40 bits per heavy atom. The molecule has 0 aliphatic heterocycles. The zero-order chi connectivity index (χ0) is 75.3. The van der Waals surface area contributed by atoms with Gasteiger partial charge in [-0.05, 0) is 118 Å². The number of benzene rings is 4. The third-order valence-corrected chi connectivity index (χ3v) is 11.9. The Morgan fingerprint density at radius 1 is 0.602 bits per heavy atom. The van der Waals surface area contributed by atoms with Gasteiger partial charge >= 0.3 is 53.7 Å². The number of aliphatic hydroxyl groups is 1. The highest BCUT2D eigenvalue weighted by atomic mass is 32.1. The SMILES string of the molecule is C=O.CC(Cc1ccc(N=C=S)cc1)N(COC=NC(O)Cc1ccc(O)cc1)CC(=O)O.CC(Cc1ccc([N+](=O)[O-])cc1)N(CC(=O)O)CC(=O)O.CN(CC(N)=O)CC(=O)O.CNCC(=O)O.O=C(O)CCc1ccc(O)cc1.O=C(O)CNCCN(CC(=O)O)CC(=O)O. The van der Waals surface area contributed by atoms with Crippen molar-refractivity contribution in [2.45, 2.75) is 64.3 Å². The smallest absolute Gasteiger partial charge is 0.317 e. The number of aliphatic imine (C=N–C) groups is 2. The van der Waals surface area contributed by atoms with Gasteiger partial charge in [-0.2, -0.15) is 4.99 Å². The first-order valence-corrected chi connectivity index (χ1v) is 29.0. The van der Waals surface area contributed by atoms with Gasteiger partial charge in [-0.3, -0.25) is 77.7 Å². The number of nitrogens with two attached hydrogens (primary N) is 1. The lowest BCUT2D eigenvalue weighted by molar-refractivity contribution is -0.384. The highest BCUT2D eigenvalue weighted by molar-refractivity contribution is 7.78. The first-order valence-electron chi connectivity index (χ1n) is 28.6. The molecular weight excluding hydrogens is 1320 g/mol. The Morgan fingerprint density at radius 2 is 1.01 bits per heavy atom. The number of carboxylic acid groups (broad SMARTS) is 9. The summed E-state index contributed by atoms with van der Waals surface area (Å²) < 4.78 is 5.37. The first-order chi connectivity index (χ1) is 46.0. The van der Waals surface area contributed by atoms with E-state index in [2.05, 4.69) is 38.0 Å². The number of aromatic hydroxyl groups is 2. The Balaban J connectivity index is -0.00000118. The molecule has 1 amide bonds. The number of nitrogens with zero attached hydrogens (tertiary/aromatic N) is 7. The average molecular weight is 1410 g/mol. The molecule has 0 aliphatic rings. The largest absolute Gasteiger partial charge is 0.508 e. The second-order valence-corrected chi connectivity index (χ2v) is 20.4. The van der Waals surface area contributed by atoms with Crippen LogP contribution < -0.4 is 16.4 Å². The van der Waals surface area contributed by atoms with Crippen LogP contribution in [0.5, 0.6) is 11.5 Å². The van der Waals surface area contributed by atoms with E-state index in [9.17, 15) is 73.4 Å². The van der Waals surface area contributed by atoms with E-state index < -0.39 is 70.8 Å². The lowest BCUT2D eigenvalue weighted by Gasteiger charge is -2.26. The van der Waals surface area contributed by atoms with Crippen molar-refractivity contribution in [2.75, 3.05) is 92.8 Å². The molecule has 0 radical (unpaired) electrons. The molecule has 0 saturated carbocycles. The number of rotatable bonds is 38. The number of non-ortho nitro benzene ring substituents is 1. The van der Waals surface area contributed by atoms with Crippen molar-refractivity contribution >= 4 is 102 Å². The molecule has 0 aromatic heterocycles. The van der Waals surface area contributed by atoms with Crippen LogP contribution in [0.15, 0.2) is 107 Å². The van der Waals surface area contributed by atoms with Crippen LogP contribution in [0.2, 0.25) is 0 Å². The predicted molar refractivity (Wildman–Crippen MR) is 353 cm³/mol. The number of hydrogen-bond donors (Lipinski definition) is 15. The van der Waals surface area contributed by atoms with Crippen LogP contribution in [-0.2, 0) is 83.2 Å². The number of amides is 1. The molecule has 0 spiro atoms. The van der Waals surface area contributed by atoms with Crippen LogP contribution in [0.1, 0.15) is 42.5 Å². The molecule has 0 saturated heterocycles. The number of nitrogens with one attached hydrogen (secondary N) is 2. The van der Waals surface area contributed by atoms with Gasteiger partial charge in [-0.1, -0.05) is 48.5 Å². The summed E-state index contributed by atoms with van der Waals surface area (Å²) >= 11 is 4.59. The van der Waals surface area contributed by atoms with E-state index >= 15 is 0 Å². The van der Waals surface area contributed by atoms with Gasteiger partial charge in [0.25, 0.3) is 5.69 Å². The van der Waals surface area contributed by atoms with Gasteiger partial charge in [0.05, 0.1) is 74.7 Å². The quantitative estimate of drug-likeness (QED) is 0.00569. The minimum Gasteiger partial charge on any atom is -0.508 e. The summed E-state index contributed by atoms with van der Waals surface area (Å²) in [6.45, 7) is 3.90. The number of ether oxygens (including phenoxy) is 1. The summed E-state index contributed by atoms with van der Waals surface area (Å²) in [7, 11) is 3.10. The third-order valence-electron chi connectivity index (χ3n) is 11.8. The number of phenolic OH excluding ortho intramolecular Hbond substituents is 2. The fraction of sp³-hybridized carbons (Fsp3) is 0.393. The Hall–Kier alpha value is -10.8. The van der Waals surface area contributed by atoms with Crippen molar-refractivity contribution in [3.05, 3.63) is 129 Å². The van der Waals surface area contributed by atoms with E-state index in [0.717, 1.165) is 28.7 Å². The topological polar surface area (TPSA) is 571 Å². The van der Waals surface area contributed by atoms with Crippen molar-refractivity contribution in [1.29, 1.82) is 0 Å². The number of hydrogen-bond acceptors (Lipinski definition) is 26. The van der Waals surface area contributed by atoms with E-state index in [1.165, 1.54) is 46.0 Å². The number of primary amides is 1. The minimum atomic E-state index is -1.13. The zero-order valence-corrected chi connectivity index (χ0v) is 54.8. The van der Waals surface area contributed by atoms with Crippen LogP contribution in [0.3, 0.4) is 0 Å². The monoisotopic (exact) mass is 1400 g/mol. The summed E-state index contributed by atoms with van der Waals surface area (Å²) in [4.78, 5) is 135. The first kappa shape index (κ1) is 91.4. The zero-order valence-electron chi connectivity index (χ0n) is 54.0. The molecule has 4 aromatic carbocycles. The molecular formula is C61H84N10O26S. The van der Waals surface area contributed by atoms with Crippen molar-refractivity contribution in [3.8, 4) is 11.5 Å². The molecule has 37 heteroatoms. The van der Waals surface area contributed by atoms with Gasteiger partial charge in [-0.15, -0.1) is 0 Å². The summed E-state index contributed by atoms with van der Waals surface area (Å²) in [5.41, 5.74) is 9.00. The maximum atomic E-state index is 11.2. The van der Waals surface area contributed by atoms with Gasteiger partial charge in [-0.25, -0.2) is 4.99 Å². The number of carboxylic acids is 9. The number of nitro groups is 1. The minimum absolute atomic E-state index is 0.0101. The number of likely N-dealkylation sites (N-methyl/N-ethyl adjacent to an activating group) is 2. The summed E-state index contributed by atoms with van der Waals surface area (Å²) in [5, 5.41) is 123. The lowest BCUT2D eigenvalue weighted by Crippen LogP contribution is -2.41. The van der Waals surface area contributed by atoms with Gasteiger partial charge in [0.2, 0.25) is 5.91 Å². The molecule has 98 heavy (non-hydrogen) atoms. The summed E-state index contributed by atoms with van der Waals surface area (Å²) in [6.07, 6.45) is 2.03. The van der Waals surface area contributed by atoms with E-state index in [1.54, 1.807) is 67.4 Å². The lowest BCUT2D eigenvalue weighted by atomic mass is 10.1. The molecule has 3 atom stereocenters. The molecule has 4 rings (SSSR count). The maximum Gasteiger partial charge on any atom is 0.317 e. The molecule has 0 heterocycles. The normalized spacial score (nSPS) is 11.1. The van der Waals surface area contributed by atoms with Gasteiger partial charge in [0.1, 0.15) is 25.0 Å². The molecule has 0 fully saturated rings. The molecule has 0 bridgehead atoms. The van der Waals surface area contributed by atoms with Crippen molar-refractivity contribution in [3.63, 3.8) is 0 Å². The number of thiocarbonyl (C=S) groups is 1. The second-order valence-electron chi connectivity index (χ2n) is 20.2. The van der Waals surface area contributed by atoms with Crippen LogP contribution >= 0.6 is 12.2 Å². The summed E-state index contributed by atoms with van der Waals surface area (Å²) in [5.74, 6) is -9.22. The van der Waals surface area contributed by atoms with Gasteiger partial charge < -0.3 is 87.2 Å². The molecule has 3 unspecified atom stereocenters. The predicted octanol–water partition coefficient (Wildman–Crippen LogP) is 1.14.